The third kappa shape index (κ3) is 3.20. The minimum Gasteiger partial charge on any atom is -0.310 e. The van der Waals surface area contributed by atoms with Crippen LogP contribution < -0.4 is 5.56 Å². The van der Waals surface area contributed by atoms with Crippen LogP contribution in [0.15, 0.2) is 23.3 Å². The molecule has 0 spiro atoms. The Kier molecular flexibility index (Phi) is 4.55. The van der Waals surface area contributed by atoms with Crippen molar-refractivity contribution in [1.29, 1.82) is 0 Å². The Morgan fingerprint density at radius 2 is 2.32 bits per heavy atom. The number of nitrogens with zero attached hydrogens (tertiary/aromatic N) is 3. The molecule has 0 bridgehead atoms. The van der Waals surface area contributed by atoms with E-state index in [1.165, 1.54) is 0 Å². The minimum absolute atomic E-state index is 0.000949. The second-order valence-corrected chi connectivity index (χ2v) is 6.02. The molecule has 0 aliphatic carbocycles. The molecule has 2 aromatic rings. The Balaban J connectivity index is 1.79. The molecule has 2 aromatic heterocycles. The van der Waals surface area contributed by atoms with Crippen molar-refractivity contribution >= 4 is 11.6 Å². The normalized spacial score (nSPS) is 14.8. The number of nitrogens with one attached hydrogen (secondary N) is 1. The van der Waals surface area contributed by atoms with Gasteiger partial charge in [0.1, 0.15) is 5.82 Å². The molecule has 0 unspecified atom stereocenters. The lowest BCUT2D eigenvalue weighted by Crippen LogP contribution is -2.35. The summed E-state index contributed by atoms with van der Waals surface area (Å²) in [6.07, 6.45) is 6.00. The van der Waals surface area contributed by atoms with E-state index in [9.17, 15) is 4.79 Å². The first-order chi connectivity index (χ1) is 10.7. The lowest BCUT2D eigenvalue weighted by Gasteiger charge is -2.28. The van der Waals surface area contributed by atoms with Gasteiger partial charge in [-0.2, -0.15) is 0 Å². The summed E-state index contributed by atoms with van der Waals surface area (Å²) in [6, 6.07) is 1.92. The molecule has 3 rings (SSSR count). The quantitative estimate of drug-likeness (QED) is 0.940. The van der Waals surface area contributed by atoms with Gasteiger partial charge in [0, 0.05) is 44.9 Å². The van der Waals surface area contributed by atoms with Crippen molar-refractivity contribution in [3.63, 3.8) is 0 Å². The summed E-state index contributed by atoms with van der Waals surface area (Å²) >= 11 is 6.16. The third-order valence-corrected chi connectivity index (χ3v) is 4.27. The summed E-state index contributed by atoms with van der Waals surface area (Å²) in [5.74, 6) is 0.803. The highest BCUT2D eigenvalue weighted by Gasteiger charge is 2.21. The fourth-order valence-corrected chi connectivity index (χ4v) is 2.97. The summed E-state index contributed by atoms with van der Waals surface area (Å²) in [5, 5.41) is 0.665. The van der Waals surface area contributed by atoms with Gasteiger partial charge in [-0.05, 0) is 18.1 Å². The van der Waals surface area contributed by atoms with E-state index in [0.29, 0.717) is 11.6 Å². The summed E-state index contributed by atoms with van der Waals surface area (Å²) in [6.45, 7) is 4.30. The van der Waals surface area contributed by atoms with Crippen molar-refractivity contribution in [2.24, 2.45) is 0 Å². The zero-order valence-corrected chi connectivity index (χ0v) is 13.4. The van der Waals surface area contributed by atoms with Crippen LogP contribution in [0.3, 0.4) is 0 Å². The van der Waals surface area contributed by atoms with Crippen LogP contribution in [0, 0.1) is 0 Å². The zero-order valence-electron chi connectivity index (χ0n) is 12.6. The molecule has 1 N–H and O–H groups in total. The van der Waals surface area contributed by atoms with Crippen LogP contribution in [-0.4, -0.2) is 26.4 Å². The Hall–Kier alpha value is -1.72. The number of aromatic nitrogens is 3. The van der Waals surface area contributed by atoms with Gasteiger partial charge in [0.25, 0.3) is 5.56 Å². The third-order valence-electron chi connectivity index (χ3n) is 3.93. The maximum atomic E-state index is 12.3. The Labute approximate surface area is 134 Å². The number of hydrogen-bond donors (Lipinski definition) is 1. The lowest BCUT2D eigenvalue weighted by atomic mass is 10.1. The molecule has 0 atom stereocenters. The van der Waals surface area contributed by atoms with E-state index in [2.05, 4.69) is 26.8 Å². The average molecular weight is 319 g/mol. The van der Waals surface area contributed by atoms with Crippen molar-refractivity contribution in [2.75, 3.05) is 6.54 Å². The first kappa shape index (κ1) is 15.2. The summed E-state index contributed by atoms with van der Waals surface area (Å²) in [4.78, 5) is 26.0. The molecule has 0 saturated heterocycles. The van der Waals surface area contributed by atoms with E-state index in [1.54, 1.807) is 12.4 Å². The van der Waals surface area contributed by atoms with E-state index < -0.39 is 0 Å². The van der Waals surface area contributed by atoms with Crippen LogP contribution in [-0.2, 0) is 25.9 Å². The molecule has 1 aliphatic heterocycles. The molecule has 0 saturated carbocycles. The van der Waals surface area contributed by atoms with E-state index in [4.69, 9.17) is 11.6 Å². The predicted molar refractivity (Wildman–Crippen MR) is 85.9 cm³/mol. The fourth-order valence-electron chi connectivity index (χ4n) is 2.80. The molecule has 22 heavy (non-hydrogen) atoms. The summed E-state index contributed by atoms with van der Waals surface area (Å²) < 4.78 is 0. The number of H-pyrrole nitrogens is 1. The number of hydrogen-bond acceptors (Lipinski definition) is 4. The number of rotatable bonds is 4. The molecule has 6 heteroatoms. The van der Waals surface area contributed by atoms with Crippen LogP contribution in [0.1, 0.15) is 36.0 Å². The topological polar surface area (TPSA) is 61.9 Å². The van der Waals surface area contributed by atoms with Gasteiger partial charge < -0.3 is 4.98 Å². The maximum Gasteiger partial charge on any atom is 0.255 e. The number of fused-ring (bicyclic) bond motifs is 1. The Morgan fingerprint density at radius 3 is 3.09 bits per heavy atom. The van der Waals surface area contributed by atoms with E-state index in [-0.39, 0.29) is 5.56 Å². The molecular formula is C16H19ClN4O. The highest BCUT2D eigenvalue weighted by molar-refractivity contribution is 6.31. The van der Waals surface area contributed by atoms with Crippen molar-refractivity contribution in [3.8, 4) is 0 Å². The van der Waals surface area contributed by atoms with Crippen molar-refractivity contribution < 1.29 is 0 Å². The van der Waals surface area contributed by atoms with Crippen molar-refractivity contribution in [1.82, 2.24) is 19.9 Å². The van der Waals surface area contributed by atoms with E-state index >= 15 is 0 Å². The zero-order chi connectivity index (χ0) is 15.5. The number of aromatic amines is 1. The summed E-state index contributed by atoms with van der Waals surface area (Å²) in [5.41, 5.74) is 2.77. The first-order valence-corrected chi connectivity index (χ1v) is 7.97. The van der Waals surface area contributed by atoms with Gasteiger partial charge in [-0.1, -0.05) is 18.5 Å². The molecule has 0 amide bonds. The predicted octanol–water partition coefficient (Wildman–Crippen LogP) is 2.33. The first-order valence-electron chi connectivity index (χ1n) is 7.59. The molecule has 0 radical (unpaired) electrons. The van der Waals surface area contributed by atoms with Crippen molar-refractivity contribution in [2.45, 2.75) is 39.3 Å². The monoisotopic (exact) mass is 318 g/mol. The second kappa shape index (κ2) is 6.58. The molecule has 116 valence electrons. The largest absolute Gasteiger partial charge is 0.310 e. The highest BCUT2D eigenvalue weighted by Crippen LogP contribution is 2.20. The smallest absolute Gasteiger partial charge is 0.255 e. The standard InChI is InChI=1S/C16H19ClN4O/c1-2-3-15-19-14-5-7-21(10-12(14)16(22)20-15)9-11-4-6-18-8-13(11)17/h4,6,8H,2-3,5,7,9-10H2,1H3,(H,19,20,22). The molecule has 0 fully saturated rings. The minimum atomic E-state index is -0.000949. The Morgan fingerprint density at radius 1 is 1.45 bits per heavy atom. The van der Waals surface area contributed by atoms with Gasteiger partial charge in [0.2, 0.25) is 0 Å². The molecule has 0 aromatic carbocycles. The lowest BCUT2D eigenvalue weighted by molar-refractivity contribution is 0.241. The van der Waals surface area contributed by atoms with Crippen molar-refractivity contribution in [3.05, 3.63) is 56.5 Å². The van der Waals surface area contributed by atoms with Gasteiger partial charge in [-0.25, -0.2) is 4.98 Å². The van der Waals surface area contributed by atoms with Crippen LogP contribution >= 0.6 is 11.6 Å². The number of halogens is 1. The van der Waals surface area contributed by atoms with Gasteiger partial charge in [-0.3, -0.25) is 14.7 Å². The van der Waals surface area contributed by atoms with E-state index in [0.717, 1.165) is 55.0 Å². The van der Waals surface area contributed by atoms with Gasteiger partial charge >= 0.3 is 0 Å². The number of pyridine rings is 1. The molecule has 3 heterocycles. The van der Waals surface area contributed by atoms with Crippen LogP contribution in [0.5, 0.6) is 0 Å². The average Bonchev–Trinajstić information content (AvgIpc) is 2.51. The van der Waals surface area contributed by atoms with Gasteiger partial charge in [-0.15, -0.1) is 0 Å². The second-order valence-electron chi connectivity index (χ2n) is 5.62. The van der Waals surface area contributed by atoms with Crippen LogP contribution in [0.4, 0.5) is 0 Å². The molecule has 1 aliphatic rings. The van der Waals surface area contributed by atoms with Gasteiger partial charge in [0.05, 0.1) is 16.3 Å². The molecular weight excluding hydrogens is 300 g/mol. The van der Waals surface area contributed by atoms with Crippen LogP contribution in [0.2, 0.25) is 5.02 Å². The van der Waals surface area contributed by atoms with Crippen LogP contribution in [0.25, 0.3) is 0 Å². The van der Waals surface area contributed by atoms with Gasteiger partial charge in [0.15, 0.2) is 0 Å². The maximum absolute atomic E-state index is 12.3. The summed E-state index contributed by atoms with van der Waals surface area (Å²) in [7, 11) is 0. The highest BCUT2D eigenvalue weighted by atomic mass is 35.5. The number of aryl methyl sites for hydroxylation is 1. The molecule has 5 nitrogen and oxygen atoms in total. The van der Waals surface area contributed by atoms with E-state index in [1.807, 2.05) is 6.07 Å². The fraction of sp³-hybridized carbons (Fsp3) is 0.438. The SMILES string of the molecule is CCCc1nc2c(c(=O)[nH]1)CN(Cc1ccncc1Cl)CC2. The Bertz CT molecular complexity index is 728.